The molecule has 2 fully saturated rings. The van der Waals surface area contributed by atoms with Gasteiger partial charge in [-0.15, -0.1) is 11.8 Å². The van der Waals surface area contributed by atoms with E-state index in [0.29, 0.717) is 12.2 Å². The number of rotatable bonds is 2. The third-order valence-corrected chi connectivity index (χ3v) is 5.90. The highest BCUT2D eigenvalue weighted by Gasteiger charge is 2.52. The third-order valence-electron chi connectivity index (χ3n) is 4.40. The van der Waals surface area contributed by atoms with E-state index in [-0.39, 0.29) is 22.7 Å². The Kier molecular flexibility index (Phi) is 3.48. The van der Waals surface area contributed by atoms with Crippen molar-refractivity contribution in [3.8, 4) is 0 Å². The maximum absolute atomic E-state index is 12.6. The van der Waals surface area contributed by atoms with Gasteiger partial charge in [-0.2, -0.15) is 0 Å². The van der Waals surface area contributed by atoms with Crippen molar-refractivity contribution in [2.24, 2.45) is 0 Å². The van der Waals surface area contributed by atoms with Gasteiger partial charge < -0.3 is 10.2 Å². The normalized spacial score (nSPS) is 27.9. The average Bonchev–Trinajstić information content (AvgIpc) is 2.91. The first kappa shape index (κ1) is 14.4. The van der Waals surface area contributed by atoms with E-state index >= 15 is 0 Å². The molecule has 2 heterocycles. The first-order valence-corrected chi connectivity index (χ1v) is 8.23. The number of thioether (sulfide) groups is 1. The standard InChI is InChI=1S/C16H20N2O2S/c1-10-4-5-11(2)12(8-10)17-15(20)13-9-21-16(3)7-6-14(19)18(13)16/h4-5,8,13H,6-7,9H2,1-3H3,(H,17,20)/t13-,16+/m0/s1. The highest BCUT2D eigenvalue weighted by Crippen LogP contribution is 2.47. The van der Waals surface area contributed by atoms with Crippen molar-refractivity contribution in [1.82, 2.24) is 4.90 Å². The van der Waals surface area contributed by atoms with Crippen molar-refractivity contribution in [3.05, 3.63) is 29.3 Å². The third kappa shape index (κ3) is 2.44. The van der Waals surface area contributed by atoms with Crippen molar-refractivity contribution in [3.63, 3.8) is 0 Å². The van der Waals surface area contributed by atoms with E-state index < -0.39 is 0 Å². The molecule has 5 heteroatoms. The summed E-state index contributed by atoms with van der Waals surface area (Å²) >= 11 is 1.72. The van der Waals surface area contributed by atoms with E-state index in [2.05, 4.69) is 12.2 Å². The van der Waals surface area contributed by atoms with Crippen LogP contribution in [0.4, 0.5) is 5.69 Å². The zero-order chi connectivity index (χ0) is 15.2. The van der Waals surface area contributed by atoms with Crippen LogP contribution in [0.5, 0.6) is 0 Å². The molecule has 21 heavy (non-hydrogen) atoms. The van der Waals surface area contributed by atoms with Crippen LogP contribution in [-0.2, 0) is 9.59 Å². The number of nitrogens with one attached hydrogen (secondary N) is 1. The van der Waals surface area contributed by atoms with Crippen LogP contribution in [0.1, 0.15) is 30.9 Å². The molecule has 112 valence electrons. The molecule has 0 aromatic heterocycles. The van der Waals surface area contributed by atoms with E-state index in [1.54, 1.807) is 16.7 Å². The van der Waals surface area contributed by atoms with Crippen LogP contribution in [0.25, 0.3) is 0 Å². The molecule has 1 aromatic rings. The number of hydrogen-bond acceptors (Lipinski definition) is 3. The maximum Gasteiger partial charge on any atom is 0.248 e. The number of hydrogen-bond donors (Lipinski definition) is 1. The van der Waals surface area contributed by atoms with Gasteiger partial charge in [0, 0.05) is 17.9 Å². The summed E-state index contributed by atoms with van der Waals surface area (Å²) in [5.41, 5.74) is 2.99. The molecule has 0 saturated carbocycles. The van der Waals surface area contributed by atoms with Crippen molar-refractivity contribution in [2.75, 3.05) is 11.1 Å². The van der Waals surface area contributed by atoms with Crippen LogP contribution in [0.15, 0.2) is 18.2 Å². The lowest BCUT2D eigenvalue weighted by Gasteiger charge is -2.30. The lowest BCUT2D eigenvalue weighted by atomic mass is 10.1. The highest BCUT2D eigenvalue weighted by atomic mass is 32.2. The van der Waals surface area contributed by atoms with Crippen molar-refractivity contribution >= 4 is 29.3 Å². The molecular weight excluding hydrogens is 284 g/mol. The molecule has 0 aliphatic carbocycles. The lowest BCUT2D eigenvalue weighted by Crippen LogP contribution is -2.48. The van der Waals surface area contributed by atoms with Crippen LogP contribution in [0, 0.1) is 13.8 Å². The summed E-state index contributed by atoms with van der Waals surface area (Å²) in [5, 5.41) is 3.00. The van der Waals surface area contributed by atoms with Crippen molar-refractivity contribution in [2.45, 2.75) is 44.5 Å². The smallest absolute Gasteiger partial charge is 0.248 e. The zero-order valence-corrected chi connectivity index (χ0v) is 13.4. The van der Waals surface area contributed by atoms with E-state index in [9.17, 15) is 9.59 Å². The first-order valence-electron chi connectivity index (χ1n) is 7.25. The molecule has 4 nitrogen and oxygen atoms in total. The van der Waals surface area contributed by atoms with Crippen LogP contribution >= 0.6 is 11.8 Å². The van der Waals surface area contributed by atoms with Crippen LogP contribution < -0.4 is 5.32 Å². The summed E-state index contributed by atoms with van der Waals surface area (Å²) in [5.74, 6) is 0.706. The minimum absolute atomic E-state index is 0.0739. The molecule has 2 aliphatic heterocycles. The van der Waals surface area contributed by atoms with Gasteiger partial charge >= 0.3 is 0 Å². The van der Waals surface area contributed by atoms with Gasteiger partial charge in [0.25, 0.3) is 0 Å². The Hall–Kier alpha value is -1.49. The Labute approximate surface area is 129 Å². The van der Waals surface area contributed by atoms with Crippen LogP contribution in [0.2, 0.25) is 0 Å². The molecule has 3 rings (SSSR count). The van der Waals surface area contributed by atoms with E-state index in [4.69, 9.17) is 0 Å². The number of carbonyl (C=O) groups is 2. The molecule has 0 unspecified atom stereocenters. The van der Waals surface area contributed by atoms with Gasteiger partial charge in [-0.05, 0) is 44.4 Å². The molecule has 0 spiro atoms. The molecule has 0 bridgehead atoms. The fourth-order valence-electron chi connectivity index (χ4n) is 3.10. The summed E-state index contributed by atoms with van der Waals surface area (Å²) in [6, 6.07) is 5.65. The summed E-state index contributed by atoms with van der Waals surface area (Å²) in [6.45, 7) is 6.04. The number of anilines is 1. The Morgan fingerprint density at radius 1 is 1.43 bits per heavy atom. The number of aryl methyl sites for hydroxylation is 2. The SMILES string of the molecule is Cc1ccc(C)c(NC(=O)[C@@H]2CS[C@]3(C)CCC(=O)N23)c1. The summed E-state index contributed by atoms with van der Waals surface area (Å²) in [4.78, 5) is 26.3. The van der Waals surface area contributed by atoms with Crippen molar-refractivity contribution in [1.29, 1.82) is 0 Å². The second kappa shape index (κ2) is 5.05. The van der Waals surface area contributed by atoms with E-state index in [1.807, 2.05) is 32.0 Å². The fourth-order valence-corrected chi connectivity index (χ4v) is 4.53. The van der Waals surface area contributed by atoms with Gasteiger partial charge in [0.05, 0.1) is 4.87 Å². The Balaban J connectivity index is 1.80. The maximum atomic E-state index is 12.6. The molecular formula is C16H20N2O2S. The average molecular weight is 304 g/mol. The predicted molar refractivity (Wildman–Crippen MR) is 85.3 cm³/mol. The summed E-state index contributed by atoms with van der Waals surface area (Å²) in [7, 11) is 0. The number of nitrogens with zero attached hydrogens (tertiary/aromatic N) is 1. The minimum Gasteiger partial charge on any atom is -0.324 e. The Bertz CT molecular complexity index is 616. The highest BCUT2D eigenvalue weighted by molar-refractivity contribution is 8.01. The molecule has 1 N–H and O–H groups in total. The number of fused-ring (bicyclic) bond motifs is 1. The van der Waals surface area contributed by atoms with Gasteiger partial charge in [0.1, 0.15) is 6.04 Å². The molecule has 1 aromatic carbocycles. The quantitative estimate of drug-likeness (QED) is 0.914. The van der Waals surface area contributed by atoms with Crippen LogP contribution in [-0.4, -0.2) is 33.4 Å². The minimum atomic E-state index is -0.352. The topological polar surface area (TPSA) is 49.4 Å². The molecule has 2 amide bonds. The fraction of sp³-hybridized carbons (Fsp3) is 0.500. The van der Waals surface area contributed by atoms with Gasteiger partial charge in [-0.25, -0.2) is 0 Å². The number of benzene rings is 1. The Morgan fingerprint density at radius 2 is 2.19 bits per heavy atom. The second-order valence-corrected chi connectivity index (χ2v) is 7.57. The Morgan fingerprint density at radius 3 is 2.95 bits per heavy atom. The predicted octanol–water partition coefficient (Wildman–Crippen LogP) is 2.70. The number of carbonyl (C=O) groups excluding carboxylic acids is 2. The second-order valence-electron chi connectivity index (χ2n) is 6.07. The summed E-state index contributed by atoms with van der Waals surface area (Å²) < 4.78 is 0. The largest absolute Gasteiger partial charge is 0.324 e. The summed E-state index contributed by atoms with van der Waals surface area (Å²) in [6.07, 6.45) is 1.39. The van der Waals surface area contributed by atoms with Gasteiger partial charge in [-0.3, -0.25) is 9.59 Å². The monoisotopic (exact) mass is 304 g/mol. The van der Waals surface area contributed by atoms with Gasteiger partial charge in [-0.1, -0.05) is 12.1 Å². The molecule has 2 atom stereocenters. The van der Waals surface area contributed by atoms with E-state index in [1.165, 1.54) is 0 Å². The van der Waals surface area contributed by atoms with Gasteiger partial charge in [0.15, 0.2) is 0 Å². The molecule has 2 aliphatic rings. The molecule has 0 radical (unpaired) electrons. The zero-order valence-electron chi connectivity index (χ0n) is 12.6. The van der Waals surface area contributed by atoms with Crippen LogP contribution in [0.3, 0.4) is 0 Å². The van der Waals surface area contributed by atoms with Crippen molar-refractivity contribution < 1.29 is 9.59 Å². The van der Waals surface area contributed by atoms with Gasteiger partial charge in [0.2, 0.25) is 11.8 Å². The first-order chi connectivity index (χ1) is 9.90. The molecule has 2 saturated heterocycles. The lowest BCUT2D eigenvalue weighted by molar-refractivity contribution is -0.135. The number of amides is 2. The van der Waals surface area contributed by atoms with E-state index in [0.717, 1.165) is 23.2 Å².